The number of halogens is 3. The third-order valence-electron chi connectivity index (χ3n) is 4.92. The van der Waals surface area contributed by atoms with E-state index in [2.05, 4.69) is 9.72 Å². The average Bonchev–Trinajstić information content (AvgIpc) is 3.21. The Kier molecular flexibility index (Phi) is 7.74. The molecule has 32 heavy (non-hydrogen) atoms. The molecule has 1 aliphatic heterocycles. The van der Waals surface area contributed by atoms with Crippen molar-refractivity contribution in [1.29, 1.82) is 0 Å². The van der Waals surface area contributed by atoms with Crippen LogP contribution in [0.5, 0.6) is 5.75 Å². The summed E-state index contributed by atoms with van der Waals surface area (Å²) in [5.41, 5.74) is -0.0705. The predicted molar refractivity (Wildman–Crippen MR) is 109 cm³/mol. The van der Waals surface area contributed by atoms with E-state index in [1.54, 1.807) is 13.4 Å². The quantitative estimate of drug-likeness (QED) is 0.541. The Labute approximate surface area is 185 Å². The van der Waals surface area contributed by atoms with Crippen LogP contribution in [0.1, 0.15) is 12.8 Å². The summed E-state index contributed by atoms with van der Waals surface area (Å²) in [6.07, 6.45) is -0.264. The van der Waals surface area contributed by atoms with Gasteiger partial charge in [-0.05, 0) is 37.1 Å². The number of ether oxygens (including phenoxy) is 2. The van der Waals surface area contributed by atoms with E-state index in [1.165, 1.54) is 0 Å². The van der Waals surface area contributed by atoms with Gasteiger partial charge in [-0.2, -0.15) is 0 Å². The molecule has 1 fully saturated rings. The molecule has 0 saturated carbocycles. The third-order valence-corrected chi connectivity index (χ3v) is 5.61. The zero-order valence-corrected chi connectivity index (χ0v) is 18.0. The van der Waals surface area contributed by atoms with Gasteiger partial charge in [0.15, 0.2) is 0 Å². The molecule has 1 unspecified atom stereocenters. The molecular formula is C19H22F3N4O5S-. The fourth-order valence-corrected chi connectivity index (χ4v) is 4.04. The summed E-state index contributed by atoms with van der Waals surface area (Å²) < 4.78 is 71.9. The number of anilines is 2. The smallest absolute Gasteiger partial charge is 0.573 e. The molecule has 0 spiro atoms. The van der Waals surface area contributed by atoms with Gasteiger partial charge in [0.1, 0.15) is 11.6 Å². The lowest BCUT2D eigenvalue weighted by Gasteiger charge is -2.35. The highest BCUT2D eigenvalue weighted by Crippen LogP contribution is 2.29. The van der Waals surface area contributed by atoms with Gasteiger partial charge in [-0.1, -0.05) is 0 Å². The molecule has 1 aromatic carbocycles. The van der Waals surface area contributed by atoms with Gasteiger partial charge in [-0.15, -0.1) is 13.2 Å². The summed E-state index contributed by atoms with van der Waals surface area (Å²) in [5, 5.41) is 0. The van der Waals surface area contributed by atoms with Crippen molar-refractivity contribution < 1.29 is 36.2 Å². The Hall–Kier alpha value is -2.64. The van der Waals surface area contributed by atoms with Crippen LogP contribution in [0.4, 0.5) is 24.7 Å². The predicted octanol–water partition coefficient (Wildman–Crippen LogP) is 2.47. The molecule has 0 bridgehead atoms. The van der Waals surface area contributed by atoms with Gasteiger partial charge in [0, 0.05) is 32.9 Å². The topological polar surface area (TPSA) is 100.0 Å². The number of alkyl halides is 3. The van der Waals surface area contributed by atoms with E-state index < -0.39 is 35.2 Å². The van der Waals surface area contributed by atoms with Gasteiger partial charge >= 0.3 is 6.36 Å². The van der Waals surface area contributed by atoms with Gasteiger partial charge in [-0.25, -0.2) is 9.29 Å². The van der Waals surface area contributed by atoms with Crippen molar-refractivity contribution in [3.05, 3.63) is 36.8 Å². The minimum atomic E-state index is -4.87. The molecule has 13 heteroatoms. The average molecular weight is 475 g/mol. The van der Waals surface area contributed by atoms with Crippen LogP contribution in [-0.2, 0) is 27.3 Å². The Balaban J connectivity index is 1.71. The van der Waals surface area contributed by atoms with Crippen molar-refractivity contribution in [3.8, 4) is 5.75 Å². The van der Waals surface area contributed by atoms with Gasteiger partial charge < -0.3 is 23.5 Å². The molecule has 2 atom stereocenters. The van der Waals surface area contributed by atoms with E-state index >= 15 is 0 Å². The van der Waals surface area contributed by atoms with Crippen LogP contribution >= 0.6 is 0 Å². The molecule has 176 valence electrons. The minimum absolute atomic E-state index is 0.0705. The maximum atomic E-state index is 13.0. The van der Waals surface area contributed by atoms with Gasteiger partial charge in [0.05, 0.1) is 35.8 Å². The number of rotatable bonds is 8. The van der Waals surface area contributed by atoms with Crippen molar-refractivity contribution in [2.24, 2.45) is 5.92 Å². The SMILES string of the molecule is COCCn1cnc(N2CCC[C@@H](C(=O)N(c3ccc(OC(F)(F)F)cc3)S(=O)[O-])C2)c1. The van der Waals surface area contributed by atoms with E-state index in [9.17, 15) is 26.7 Å². The highest BCUT2D eigenvalue weighted by atomic mass is 32.2. The first-order valence-corrected chi connectivity index (χ1v) is 10.8. The first kappa shape index (κ1) is 24.0. The summed E-state index contributed by atoms with van der Waals surface area (Å²) in [5.74, 6) is -1.14. The Morgan fingerprint density at radius 3 is 2.69 bits per heavy atom. The molecule has 0 aliphatic carbocycles. The number of hydrogen-bond donors (Lipinski definition) is 0. The summed E-state index contributed by atoms with van der Waals surface area (Å²) in [4.78, 5) is 19.3. The van der Waals surface area contributed by atoms with E-state index in [4.69, 9.17) is 4.74 Å². The molecule has 1 aliphatic rings. The number of piperidine rings is 1. The normalized spacial score (nSPS) is 17.8. The molecule has 1 saturated heterocycles. The summed E-state index contributed by atoms with van der Waals surface area (Å²) in [7, 11) is 1.60. The number of carbonyl (C=O) groups excluding carboxylic acids is 1. The fraction of sp³-hybridized carbons (Fsp3) is 0.474. The first-order valence-electron chi connectivity index (χ1n) is 9.73. The van der Waals surface area contributed by atoms with Crippen LogP contribution in [0.2, 0.25) is 0 Å². The lowest BCUT2D eigenvalue weighted by Crippen LogP contribution is -2.45. The number of amides is 1. The monoisotopic (exact) mass is 475 g/mol. The molecule has 1 amide bonds. The zero-order chi connectivity index (χ0) is 23.3. The Morgan fingerprint density at radius 2 is 2.06 bits per heavy atom. The molecule has 9 nitrogen and oxygen atoms in total. The number of hydrogen-bond acceptors (Lipinski definition) is 7. The number of imidazole rings is 1. The lowest BCUT2D eigenvalue weighted by molar-refractivity contribution is -0.274. The summed E-state index contributed by atoms with van der Waals surface area (Å²) >= 11 is -2.95. The largest absolute Gasteiger partial charge is 0.755 e. The van der Waals surface area contributed by atoms with E-state index in [0.717, 1.165) is 24.3 Å². The molecule has 2 heterocycles. The Bertz CT molecular complexity index is 938. The second kappa shape index (κ2) is 10.3. The minimum Gasteiger partial charge on any atom is -0.755 e. The van der Waals surface area contributed by atoms with Crippen molar-refractivity contribution in [2.75, 3.05) is 36.0 Å². The van der Waals surface area contributed by atoms with Gasteiger partial charge in [0.2, 0.25) is 5.91 Å². The molecule has 0 N–H and O–H groups in total. The van der Waals surface area contributed by atoms with Gasteiger partial charge in [0.25, 0.3) is 0 Å². The molecule has 0 radical (unpaired) electrons. The second-order valence-corrected chi connectivity index (χ2v) is 7.94. The number of methoxy groups -OCH3 is 1. The van der Waals surface area contributed by atoms with Crippen LogP contribution in [0.25, 0.3) is 0 Å². The maximum Gasteiger partial charge on any atom is 0.573 e. The number of aromatic nitrogens is 2. The second-order valence-electron chi connectivity index (χ2n) is 7.14. The fourth-order valence-electron chi connectivity index (χ4n) is 3.45. The van der Waals surface area contributed by atoms with Gasteiger partial charge in [-0.3, -0.25) is 9.00 Å². The number of nitrogens with zero attached hydrogens (tertiary/aromatic N) is 4. The summed E-state index contributed by atoms with van der Waals surface area (Å²) in [6, 6.07) is 4.09. The van der Waals surface area contributed by atoms with Crippen molar-refractivity contribution in [2.45, 2.75) is 25.7 Å². The highest BCUT2D eigenvalue weighted by Gasteiger charge is 2.33. The zero-order valence-electron chi connectivity index (χ0n) is 17.2. The Morgan fingerprint density at radius 1 is 1.34 bits per heavy atom. The standard InChI is InChI=1S/C19H23F3N4O5S/c1-30-10-9-24-12-17(23-13-24)25-8-2-3-14(11-25)18(27)26(32(28)29)15-4-6-16(7-5-15)31-19(20,21)22/h4-7,12-14H,2-3,8-11H2,1H3,(H,28,29)/p-1/t14-/m1/s1. The van der Waals surface area contributed by atoms with Crippen molar-refractivity contribution in [1.82, 2.24) is 9.55 Å². The molecular weight excluding hydrogens is 453 g/mol. The van der Waals surface area contributed by atoms with E-state index in [-0.39, 0.29) is 12.2 Å². The summed E-state index contributed by atoms with van der Waals surface area (Å²) in [6.45, 7) is 2.07. The number of carbonyl (C=O) groups is 1. The van der Waals surface area contributed by atoms with Crippen molar-refractivity contribution in [3.63, 3.8) is 0 Å². The van der Waals surface area contributed by atoms with E-state index in [1.807, 2.05) is 15.7 Å². The molecule has 3 rings (SSSR count). The van der Waals surface area contributed by atoms with E-state index in [0.29, 0.717) is 42.7 Å². The molecule has 2 aromatic rings. The molecule has 1 aromatic heterocycles. The highest BCUT2D eigenvalue weighted by molar-refractivity contribution is 7.81. The van der Waals surface area contributed by atoms with Crippen LogP contribution < -0.4 is 13.9 Å². The first-order chi connectivity index (χ1) is 15.2. The number of benzene rings is 1. The maximum absolute atomic E-state index is 13.0. The third kappa shape index (κ3) is 6.20. The van der Waals surface area contributed by atoms with Crippen LogP contribution in [0, 0.1) is 5.92 Å². The lowest BCUT2D eigenvalue weighted by atomic mass is 9.97. The van der Waals surface area contributed by atoms with Crippen LogP contribution in [-0.4, -0.2) is 57.4 Å². The van der Waals surface area contributed by atoms with Crippen LogP contribution in [0.3, 0.4) is 0 Å². The van der Waals surface area contributed by atoms with Crippen molar-refractivity contribution >= 4 is 28.7 Å². The van der Waals surface area contributed by atoms with Crippen LogP contribution in [0.15, 0.2) is 36.8 Å².